The van der Waals surface area contributed by atoms with Gasteiger partial charge in [0, 0.05) is 0 Å². The number of benzene rings is 1. The molecule has 5 heteroatoms. The van der Waals surface area contributed by atoms with E-state index in [0.29, 0.717) is 29.2 Å². The molecule has 0 aliphatic heterocycles. The van der Waals surface area contributed by atoms with Crippen molar-refractivity contribution in [1.82, 2.24) is 0 Å². The molecule has 1 atom stereocenters. The number of rotatable bonds is 4. The van der Waals surface area contributed by atoms with Gasteiger partial charge in [0.05, 0.1) is 17.7 Å². The zero-order valence-electron chi connectivity index (χ0n) is 11.4. The molecule has 1 aliphatic carbocycles. The van der Waals surface area contributed by atoms with Gasteiger partial charge in [-0.3, -0.25) is 4.79 Å². The highest BCUT2D eigenvalue weighted by Crippen LogP contribution is 2.41. The third kappa shape index (κ3) is 2.91. The zero-order valence-corrected chi connectivity index (χ0v) is 12.2. The fourth-order valence-electron chi connectivity index (χ4n) is 3.00. The maximum Gasteiger partial charge on any atom is 0.313 e. The van der Waals surface area contributed by atoms with Crippen LogP contribution in [0.4, 0.5) is 0 Å². The first kappa shape index (κ1) is 15.1. The largest absolute Gasteiger partial charge is 0.495 e. The van der Waals surface area contributed by atoms with Gasteiger partial charge in [-0.05, 0) is 30.5 Å². The average molecular weight is 299 g/mol. The minimum Gasteiger partial charge on any atom is -0.495 e. The van der Waals surface area contributed by atoms with Crippen LogP contribution >= 0.6 is 11.6 Å². The predicted molar refractivity (Wildman–Crippen MR) is 76.4 cm³/mol. The van der Waals surface area contributed by atoms with Crippen LogP contribution in [0.15, 0.2) is 18.2 Å². The Labute approximate surface area is 123 Å². The van der Waals surface area contributed by atoms with Crippen molar-refractivity contribution in [2.24, 2.45) is 0 Å². The molecular weight excluding hydrogens is 280 g/mol. The van der Waals surface area contributed by atoms with Crippen molar-refractivity contribution >= 4 is 17.6 Å². The quantitative estimate of drug-likeness (QED) is 0.895. The summed E-state index contributed by atoms with van der Waals surface area (Å²) in [6.07, 6.45) is 3.76. The number of hydrogen-bond donors (Lipinski definition) is 2. The number of aliphatic carboxylic acids is 1. The van der Waals surface area contributed by atoms with Crippen molar-refractivity contribution in [1.29, 1.82) is 0 Å². The first-order valence-corrected chi connectivity index (χ1v) is 7.14. The molecule has 0 saturated heterocycles. The Kier molecular flexibility index (Phi) is 4.55. The van der Waals surface area contributed by atoms with Crippen LogP contribution in [0.3, 0.4) is 0 Å². The monoisotopic (exact) mass is 298 g/mol. The Morgan fingerprint density at radius 3 is 2.50 bits per heavy atom. The fourth-order valence-corrected chi connectivity index (χ4v) is 3.26. The van der Waals surface area contributed by atoms with Crippen LogP contribution in [0.2, 0.25) is 5.02 Å². The second-order valence-corrected chi connectivity index (χ2v) is 5.74. The number of aliphatic hydroxyl groups is 1. The van der Waals surface area contributed by atoms with Gasteiger partial charge in [-0.25, -0.2) is 0 Å². The van der Waals surface area contributed by atoms with Crippen LogP contribution in [-0.4, -0.2) is 28.9 Å². The van der Waals surface area contributed by atoms with Crippen molar-refractivity contribution in [3.63, 3.8) is 0 Å². The van der Waals surface area contributed by atoms with E-state index in [1.54, 1.807) is 18.2 Å². The van der Waals surface area contributed by atoms with Gasteiger partial charge < -0.3 is 14.9 Å². The van der Waals surface area contributed by atoms with Gasteiger partial charge >= 0.3 is 5.97 Å². The van der Waals surface area contributed by atoms with Crippen LogP contribution in [0.1, 0.15) is 43.6 Å². The number of carboxylic acid groups (broad SMARTS) is 1. The Morgan fingerprint density at radius 1 is 1.35 bits per heavy atom. The number of halogens is 1. The molecule has 110 valence electrons. The topological polar surface area (TPSA) is 66.8 Å². The standard InChI is InChI=1S/C15H19ClO4/c1-20-12-6-5-10(9-11(12)16)13(14(17)18)15(19)7-3-2-4-8-15/h5-6,9,13,19H,2-4,7-8H2,1H3,(H,17,18)/t13-/m0/s1. The maximum absolute atomic E-state index is 11.6. The van der Waals surface area contributed by atoms with Gasteiger partial charge in [-0.2, -0.15) is 0 Å². The summed E-state index contributed by atoms with van der Waals surface area (Å²) < 4.78 is 5.07. The lowest BCUT2D eigenvalue weighted by Gasteiger charge is -2.37. The molecule has 2 rings (SSSR count). The van der Waals surface area contributed by atoms with E-state index < -0.39 is 17.5 Å². The molecule has 0 spiro atoms. The number of methoxy groups -OCH3 is 1. The fraction of sp³-hybridized carbons (Fsp3) is 0.533. The maximum atomic E-state index is 11.6. The van der Waals surface area contributed by atoms with Crippen LogP contribution in [-0.2, 0) is 4.79 Å². The van der Waals surface area contributed by atoms with Crippen LogP contribution in [0, 0.1) is 0 Å². The Balaban J connectivity index is 2.38. The normalized spacial score (nSPS) is 19.4. The van der Waals surface area contributed by atoms with E-state index in [2.05, 4.69) is 0 Å². The molecule has 0 amide bonds. The molecule has 1 aromatic carbocycles. The van der Waals surface area contributed by atoms with Crippen molar-refractivity contribution in [2.75, 3.05) is 7.11 Å². The van der Waals surface area contributed by atoms with Crippen LogP contribution in [0.5, 0.6) is 5.75 Å². The molecule has 0 aromatic heterocycles. The predicted octanol–water partition coefficient (Wildman–Crippen LogP) is 3.21. The molecule has 0 radical (unpaired) electrons. The molecule has 0 heterocycles. The highest BCUT2D eigenvalue weighted by Gasteiger charge is 2.43. The second-order valence-electron chi connectivity index (χ2n) is 5.33. The molecule has 0 bridgehead atoms. The summed E-state index contributed by atoms with van der Waals surface area (Å²) in [6, 6.07) is 4.88. The molecule has 0 unspecified atom stereocenters. The number of carbonyl (C=O) groups is 1. The summed E-state index contributed by atoms with van der Waals surface area (Å²) in [5, 5.41) is 20.6. The first-order valence-electron chi connectivity index (χ1n) is 6.76. The Hall–Kier alpha value is -1.26. The van der Waals surface area contributed by atoms with Crippen molar-refractivity contribution in [3.8, 4) is 5.75 Å². The lowest BCUT2D eigenvalue weighted by Crippen LogP contribution is -2.42. The van der Waals surface area contributed by atoms with Crippen LogP contribution < -0.4 is 4.74 Å². The van der Waals surface area contributed by atoms with Gasteiger partial charge in [0.15, 0.2) is 0 Å². The summed E-state index contributed by atoms with van der Waals surface area (Å²) in [5.41, 5.74) is -0.671. The zero-order chi connectivity index (χ0) is 14.8. The summed E-state index contributed by atoms with van der Waals surface area (Å²) in [4.78, 5) is 11.6. The van der Waals surface area contributed by atoms with Gasteiger partial charge in [0.2, 0.25) is 0 Å². The lowest BCUT2D eigenvalue weighted by atomic mass is 9.73. The summed E-state index contributed by atoms with van der Waals surface area (Å²) in [5.74, 6) is -1.47. The Morgan fingerprint density at radius 2 is 2.00 bits per heavy atom. The minimum absolute atomic E-state index is 0.357. The third-order valence-corrected chi connectivity index (χ3v) is 4.31. The van der Waals surface area contributed by atoms with Gasteiger partial charge in [0.1, 0.15) is 11.7 Å². The second kappa shape index (κ2) is 6.02. The molecular formula is C15H19ClO4. The number of carboxylic acids is 1. The van der Waals surface area contributed by atoms with Gasteiger partial charge in [-0.15, -0.1) is 0 Å². The van der Waals surface area contributed by atoms with E-state index in [0.717, 1.165) is 19.3 Å². The molecule has 1 aliphatic rings. The molecule has 1 fully saturated rings. The van der Waals surface area contributed by atoms with E-state index >= 15 is 0 Å². The highest BCUT2D eigenvalue weighted by atomic mass is 35.5. The van der Waals surface area contributed by atoms with Gasteiger partial charge in [-0.1, -0.05) is 36.9 Å². The summed E-state index contributed by atoms with van der Waals surface area (Å²) >= 11 is 6.06. The Bertz CT molecular complexity index is 495. The first-order chi connectivity index (χ1) is 9.48. The smallest absolute Gasteiger partial charge is 0.313 e. The molecule has 20 heavy (non-hydrogen) atoms. The third-order valence-electron chi connectivity index (χ3n) is 4.01. The summed E-state index contributed by atoms with van der Waals surface area (Å²) in [6.45, 7) is 0. The van der Waals surface area contributed by atoms with Crippen molar-refractivity contribution in [2.45, 2.75) is 43.6 Å². The lowest BCUT2D eigenvalue weighted by molar-refractivity contribution is -0.147. The van der Waals surface area contributed by atoms with E-state index in [-0.39, 0.29) is 0 Å². The number of ether oxygens (including phenoxy) is 1. The summed E-state index contributed by atoms with van der Waals surface area (Å²) in [7, 11) is 1.50. The number of hydrogen-bond acceptors (Lipinski definition) is 3. The van der Waals surface area contributed by atoms with Crippen molar-refractivity contribution in [3.05, 3.63) is 28.8 Å². The SMILES string of the molecule is COc1ccc([C@@H](C(=O)O)C2(O)CCCCC2)cc1Cl. The van der Waals surface area contributed by atoms with E-state index in [4.69, 9.17) is 16.3 Å². The molecule has 2 N–H and O–H groups in total. The molecule has 4 nitrogen and oxygen atoms in total. The average Bonchev–Trinajstić information content (AvgIpc) is 2.39. The van der Waals surface area contributed by atoms with E-state index in [1.165, 1.54) is 7.11 Å². The van der Waals surface area contributed by atoms with Crippen molar-refractivity contribution < 1.29 is 19.7 Å². The van der Waals surface area contributed by atoms with E-state index in [1.807, 2.05) is 0 Å². The van der Waals surface area contributed by atoms with Gasteiger partial charge in [0.25, 0.3) is 0 Å². The van der Waals surface area contributed by atoms with E-state index in [9.17, 15) is 15.0 Å². The minimum atomic E-state index is -1.19. The highest BCUT2D eigenvalue weighted by molar-refractivity contribution is 6.32. The molecule has 1 aromatic rings. The van der Waals surface area contributed by atoms with Crippen LogP contribution in [0.25, 0.3) is 0 Å². The molecule has 1 saturated carbocycles.